The van der Waals surface area contributed by atoms with Gasteiger partial charge in [0.2, 0.25) is 0 Å². The van der Waals surface area contributed by atoms with Crippen LogP contribution >= 0.6 is 0 Å². The molecule has 1 aromatic rings. The van der Waals surface area contributed by atoms with Gasteiger partial charge in [0.1, 0.15) is 0 Å². The van der Waals surface area contributed by atoms with Crippen LogP contribution in [0.15, 0.2) is 36.9 Å². The van der Waals surface area contributed by atoms with Crippen LogP contribution in [0.25, 0.3) is 5.57 Å². The number of aromatic nitrogens is 2. The lowest BCUT2D eigenvalue weighted by atomic mass is 10.1. The highest BCUT2D eigenvalue weighted by Crippen LogP contribution is 2.15. The summed E-state index contributed by atoms with van der Waals surface area (Å²) in [4.78, 5) is 0. The van der Waals surface area contributed by atoms with Gasteiger partial charge in [-0.05, 0) is 25.5 Å². The van der Waals surface area contributed by atoms with Gasteiger partial charge >= 0.3 is 0 Å². The van der Waals surface area contributed by atoms with Crippen LogP contribution in [-0.4, -0.2) is 9.78 Å². The lowest BCUT2D eigenvalue weighted by Crippen LogP contribution is -1.92. The van der Waals surface area contributed by atoms with Gasteiger partial charge in [0.05, 0.1) is 5.69 Å². The molecule has 0 spiro atoms. The second-order valence-corrected chi connectivity index (χ2v) is 3.13. The zero-order chi connectivity index (χ0) is 10.6. The van der Waals surface area contributed by atoms with E-state index in [2.05, 4.69) is 17.7 Å². The lowest BCUT2D eigenvalue weighted by molar-refractivity contribution is 0.737. The number of hydrogen-bond donors (Lipinski definition) is 0. The standard InChI is InChI=1S/C12H16N2/c1-5-7-8-11(6-2)12-9-10(3)14(4)13-12/h5-9H,1H2,2-4H3/b8-7-,11-6+. The van der Waals surface area contributed by atoms with Gasteiger partial charge in [-0.2, -0.15) is 5.10 Å². The van der Waals surface area contributed by atoms with E-state index in [0.717, 1.165) is 17.0 Å². The van der Waals surface area contributed by atoms with Crippen LogP contribution in [0.5, 0.6) is 0 Å². The molecule has 0 unspecified atom stereocenters. The Morgan fingerprint density at radius 3 is 2.71 bits per heavy atom. The lowest BCUT2D eigenvalue weighted by Gasteiger charge is -1.94. The van der Waals surface area contributed by atoms with Crippen LogP contribution in [0.4, 0.5) is 0 Å². The van der Waals surface area contributed by atoms with Gasteiger partial charge in [-0.15, -0.1) is 0 Å². The van der Waals surface area contributed by atoms with Gasteiger partial charge in [-0.3, -0.25) is 4.68 Å². The van der Waals surface area contributed by atoms with E-state index in [0.29, 0.717) is 0 Å². The van der Waals surface area contributed by atoms with Crippen LogP contribution in [0.1, 0.15) is 18.3 Å². The Kier molecular flexibility index (Phi) is 3.46. The first-order chi connectivity index (χ1) is 6.69. The number of aryl methyl sites for hydroxylation is 2. The molecule has 0 amide bonds. The quantitative estimate of drug-likeness (QED) is 0.667. The molecule has 0 radical (unpaired) electrons. The summed E-state index contributed by atoms with van der Waals surface area (Å²) in [6.45, 7) is 7.69. The van der Waals surface area contributed by atoms with Gasteiger partial charge in [0.15, 0.2) is 0 Å². The van der Waals surface area contributed by atoms with E-state index in [-0.39, 0.29) is 0 Å². The molecule has 14 heavy (non-hydrogen) atoms. The van der Waals surface area contributed by atoms with Crippen molar-refractivity contribution in [2.24, 2.45) is 7.05 Å². The van der Waals surface area contributed by atoms with E-state index >= 15 is 0 Å². The minimum Gasteiger partial charge on any atom is -0.272 e. The Hall–Kier alpha value is -1.57. The zero-order valence-electron chi connectivity index (χ0n) is 8.99. The molecule has 0 saturated heterocycles. The van der Waals surface area contributed by atoms with E-state index in [9.17, 15) is 0 Å². The maximum Gasteiger partial charge on any atom is 0.0922 e. The topological polar surface area (TPSA) is 17.8 Å². The fraction of sp³-hybridized carbons (Fsp3) is 0.250. The predicted molar refractivity (Wildman–Crippen MR) is 60.9 cm³/mol. The van der Waals surface area contributed by atoms with E-state index in [1.54, 1.807) is 6.08 Å². The summed E-state index contributed by atoms with van der Waals surface area (Å²) in [5.74, 6) is 0. The van der Waals surface area contributed by atoms with Gasteiger partial charge in [0.25, 0.3) is 0 Å². The van der Waals surface area contributed by atoms with Crippen molar-refractivity contribution in [2.45, 2.75) is 13.8 Å². The molecule has 1 heterocycles. The zero-order valence-corrected chi connectivity index (χ0v) is 8.99. The normalized spacial score (nSPS) is 12.4. The second-order valence-electron chi connectivity index (χ2n) is 3.13. The van der Waals surface area contributed by atoms with Crippen LogP contribution in [0.2, 0.25) is 0 Å². The minimum atomic E-state index is 1.01. The van der Waals surface area contributed by atoms with E-state index in [1.807, 2.05) is 43.8 Å². The van der Waals surface area contributed by atoms with Crippen molar-refractivity contribution in [3.63, 3.8) is 0 Å². The Bertz CT molecular complexity index is 362. The molecule has 0 aliphatic rings. The SMILES string of the molecule is C=C/C=C\C(=C/C)c1cc(C)n(C)n1. The fourth-order valence-electron chi connectivity index (χ4n) is 1.20. The highest BCUT2D eigenvalue weighted by Gasteiger charge is 2.02. The molecule has 0 aliphatic carbocycles. The Morgan fingerprint density at radius 1 is 1.57 bits per heavy atom. The number of hydrogen-bond acceptors (Lipinski definition) is 1. The van der Waals surface area contributed by atoms with Crippen molar-refractivity contribution in [2.75, 3.05) is 0 Å². The molecule has 1 aromatic heterocycles. The molecule has 0 atom stereocenters. The van der Waals surface area contributed by atoms with E-state index in [1.165, 1.54) is 0 Å². The van der Waals surface area contributed by atoms with Crippen LogP contribution in [-0.2, 0) is 7.05 Å². The van der Waals surface area contributed by atoms with Gasteiger partial charge in [-0.1, -0.05) is 30.9 Å². The average molecular weight is 188 g/mol. The highest BCUT2D eigenvalue weighted by molar-refractivity contribution is 5.71. The molecule has 0 N–H and O–H groups in total. The van der Waals surface area contributed by atoms with E-state index < -0.39 is 0 Å². The van der Waals surface area contributed by atoms with Crippen molar-refractivity contribution < 1.29 is 0 Å². The smallest absolute Gasteiger partial charge is 0.0922 e. The third kappa shape index (κ3) is 2.22. The fourth-order valence-corrected chi connectivity index (χ4v) is 1.20. The minimum absolute atomic E-state index is 1.01. The number of rotatable bonds is 3. The van der Waals surface area contributed by atoms with Crippen LogP contribution in [0, 0.1) is 6.92 Å². The largest absolute Gasteiger partial charge is 0.272 e. The summed E-state index contributed by atoms with van der Waals surface area (Å²) in [5, 5.41) is 4.40. The molecule has 2 heteroatoms. The number of nitrogens with zero attached hydrogens (tertiary/aromatic N) is 2. The highest BCUT2D eigenvalue weighted by atomic mass is 15.3. The van der Waals surface area contributed by atoms with Gasteiger partial charge in [-0.25, -0.2) is 0 Å². The van der Waals surface area contributed by atoms with Crippen molar-refractivity contribution in [3.8, 4) is 0 Å². The third-order valence-electron chi connectivity index (χ3n) is 2.13. The monoisotopic (exact) mass is 188 g/mol. The average Bonchev–Trinajstić information content (AvgIpc) is 2.48. The molecule has 0 saturated carbocycles. The third-order valence-corrected chi connectivity index (χ3v) is 2.13. The first kappa shape index (κ1) is 10.5. The Balaban J connectivity index is 3.02. The summed E-state index contributed by atoms with van der Waals surface area (Å²) in [6, 6.07) is 2.07. The summed E-state index contributed by atoms with van der Waals surface area (Å²) in [6.07, 6.45) is 7.73. The molecule has 0 aromatic carbocycles. The van der Waals surface area contributed by atoms with Crippen molar-refractivity contribution in [3.05, 3.63) is 48.3 Å². The first-order valence-electron chi connectivity index (χ1n) is 4.65. The molecule has 2 nitrogen and oxygen atoms in total. The van der Waals surface area contributed by atoms with E-state index in [4.69, 9.17) is 0 Å². The summed E-state index contributed by atoms with van der Waals surface area (Å²) >= 11 is 0. The Labute approximate surface area is 85.3 Å². The van der Waals surface area contributed by atoms with Gasteiger partial charge < -0.3 is 0 Å². The second kappa shape index (κ2) is 4.61. The molecule has 0 fully saturated rings. The molecule has 0 aliphatic heterocycles. The number of allylic oxidation sites excluding steroid dienone is 5. The molecular formula is C12H16N2. The first-order valence-corrected chi connectivity index (χ1v) is 4.65. The Morgan fingerprint density at radius 2 is 2.29 bits per heavy atom. The predicted octanol–water partition coefficient (Wildman–Crippen LogP) is 2.87. The molecular weight excluding hydrogens is 172 g/mol. The summed E-state index contributed by atoms with van der Waals surface area (Å²) in [7, 11) is 1.95. The van der Waals surface area contributed by atoms with Crippen LogP contribution in [0.3, 0.4) is 0 Å². The van der Waals surface area contributed by atoms with Crippen molar-refractivity contribution in [1.82, 2.24) is 9.78 Å². The van der Waals surface area contributed by atoms with Crippen molar-refractivity contribution >= 4 is 5.57 Å². The molecule has 74 valence electrons. The van der Waals surface area contributed by atoms with Crippen LogP contribution < -0.4 is 0 Å². The summed E-state index contributed by atoms with van der Waals surface area (Å²) in [5.41, 5.74) is 3.28. The molecule has 0 bridgehead atoms. The maximum atomic E-state index is 4.40. The van der Waals surface area contributed by atoms with Gasteiger partial charge in [0, 0.05) is 12.7 Å². The van der Waals surface area contributed by atoms with Crippen molar-refractivity contribution in [1.29, 1.82) is 0 Å². The molecule has 1 rings (SSSR count). The maximum absolute atomic E-state index is 4.40. The summed E-state index contributed by atoms with van der Waals surface area (Å²) < 4.78 is 1.88.